The smallest absolute Gasteiger partial charge is 0.225 e. The number of ether oxygens (including phenoxy) is 1. The molecule has 0 saturated carbocycles. The van der Waals surface area contributed by atoms with Crippen molar-refractivity contribution in [1.29, 1.82) is 0 Å². The standard InChI is InChI=1S/C29H34N4O3S/c1-21(2)33-29(28-26(31-33)12-7-18-30-28)37(34,35)24-16-14-23(15-17-24)36-20-8-19-32(3)27-13-6-10-22-9-4-5-11-25(22)27/h4-5,7,9,11-12,14-18,21,27H,6,8,10,13,19-20H2,1-3H3. The number of aryl methyl sites for hydroxylation is 1. The number of hydrogen-bond acceptors (Lipinski definition) is 6. The lowest BCUT2D eigenvalue weighted by Gasteiger charge is -2.33. The van der Waals surface area contributed by atoms with Crippen molar-refractivity contribution in [3.8, 4) is 5.75 Å². The molecule has 0 radical (unpaired) electrons. The molecular weight excluding hydrogens is 484 g/mol. The first-order valence-electron chi connectivity index (χ1n) is 13.0. The lowest BCUT2D eigenvalue weighted by atomic mass is 9.87. The molecule has 0 bridgehead atoms. The highest BCUT2D eigenvalue weighted by Crippen LogP contribution is 2.33. The summed E-state index contributed by atoms with van der Waals surface area (Å²) in [6.07, 6.45) is 6.06. The summed E-state index contributed by atoms with van der Waals surface area (Å²) in [5.74, 6) is 0.657. The van der Waals surface area contributed by atoms with Crippen LogP contribution in [0.4, 0.5) is 0 Å². The third-order valence-electron chi connectivity index (χ3n) is 7.08. The Labute approximate surface area is 219 Å². The van der Waals surface area contributed by atoms with Crippen LogP contribution in [-0.4, -0.2) is 48.3 Å². The summed E-state index contributed by atoms with van der Waals surface area (Å²) in [5.41, 5.74) is 3.88. The molecule has 1 atom stereocenters. The molecule has 0 N–H and O–H groups in total. The third kappa shape index (κ3) is 5.13. The fraction of sp³-hybridized carbons (Fsp3) is 0.379. The zero-order valence-corrected chi connectivity index (χ0v) is 22.5. The van der Waals surface area contributed by atoms with Crippen molar-refractivity contribution in [3.63, 3.8) is 0 Å². The van der Waals surface area contributed by atoms with E-state index in [-0.39, 0.29) is 16.0 Å². The number of fused-ring (bicyclic) bond motifs is 2. The summed E-state index contributed by atoms with van der Waals surface area (Å²) in [6.45, 7) is 5.32. The fourth-order valence-electron chi connectivity index (χ4n) is 5.19. The van der Waals surface area contributed by atoms with Crippen LogP contribution in [0, 0.1) is 0 Å². The highest BCUT2D eigenvalue weighted by atomic mass is 32.2. The van der Waals surface area contributed by atoms with Crippen LogP contribution in [0.1, 0.15) is 56.3 Å². The predicted molar refractivity (Wildman–Crippen MR) is 145 cm³/mol. The van der Waals surface area contributed by atoms with Crippen molar-refractivity contribution in [2.75, 3.05) is 20.2 Å². The molecule has 1 aliphatic carbocycles. The molecule has 194 valence electrons. The van der Waals surface area contributed by atoms with E-state index in [0.29, 0.717) is 29.4 Å². The second-order valence-electron chi connectivity index (χ2n) is 9.98. The van der Waals surface area contributed by atoms with Crippen LogP contribution in [0.2, 0.25) is 0 Å². The summed E-state index contributed by atoms with van der Waals surface area (Å²) in [5, 5.41) is 4.60. The summed E-state index contributed by atoms with van der Waals surface area (Å²) >= 11 is 0. The second-order valence-corrected chi connectivity index (χ2v) is 11.8. The van der Waals surface area contributed by atoms with Gasteiger partial charge in [-0.05, 0) is 94.1 Å². The monoisotopic (exact) mass is 518 g/mol. The molecular formula is C29H34N4O3S. The molecule has 0 amide bonds. The van der Waals surface area contributed by atoms with E-state index in [1.807, 2.05) is 13.8 Å². The quantitative estimate of drug-likeness (QED) is 0.268. The molecule has 4 aromatic rings. The largest absolute Gasteiger partial charge is 0.494 e. The first-order chi connectivity index (χ1) is 17.9. The van der Waals surface area contributed by atoms with Gasteiger partial charge in [0.1, 0.15) is 16.8 Å². The Morgan fingerprint density at radius 2 is 1.86 bits per heavy atom. The molecule has 5 rings (SSSR count). The maximum Gasteiger partial charge on any atom is 0.225 e. The molecule has 0 fully saturated rings. The van der Waals surface area contributed by atoms with Gasteiger partial charge in [-0.15, -0.1) is 0 Å². The topological polar surface area (TPSA) is 77.3 Å². The van der Waals surface area contributed by atoms with Crippen molar-refractivity contribution in [3.05, 3.63) is 78.0 Å². The van der Waals surface area contributed by atoms with Crippen LogP contribution in [-0.2, 0) is 16.3 Å². The Bertz CT molecular complexity index is 1480. The van der Waals surface area contributed by atoms with Gasteiger partial charge >= 0.3 is 0 Å². The van der Waals surface area contributed by atoms with Crippen LogP contribution < -0.4 is 4.74 Å². The number of benzene rings is 2. The number of pyridine rings is 1. The van der Waals surface area contributed by atoms with Gasteiger partial charge in [-0.25, -0.2) is 13.1 Å². The molecule has 1 aliphatic rings. The Hall–Kier alpha value is -3.23. The molecule has 0 spiro atoms. The number of hydrogen-bond donors (Lipinski definition) is 0. The van der Waals surface area contributed by atoms with E-state index in [4.69, 9.17) is 4.74 Å². The van der Waals surface area contributed by atoms with Crippen molar-refractivity contribution in [2.24, 2.45) is 0 Å². The van der Waals surface area contributed by atoms with E-state index >= 15 is 0 Å². The maximum absolute atomic E-state index is 13.6. The molecule has 2 heterocycles. The molecule has 7 nitrogen and oxygen atoms in total. The van der Waals surface area contributed by atoms with Gasteiger partial charge in [0, 0.05) is 24.8 Å². The Morgan fingerprint density at radius 3 is 2.65 bits per heavy atom. The van der Waals surface area contributed by atoms with Crippen molar-refractivity contribution >= 4 is 20.9 Å². The van der Waals surface area contributed by atoms with E-state index < -0.39 is 9.84 Å². The maximum atomic E-state index is 13.6. The van der Waals surface area contributed by atoms with Crippen LogP contribution >= 0.6 is 0 Å². The zero-order valence-electron chi connectivity index (χ0n) is 21.7. The third-order valence-corrected chi connectivity index (χ3v) is 8.87. The second kappa shape index (κ2) is 10.6. The van der Waals surface area contributed by atoms with Gasteiger partial charge in [0.05, 0.1) is 11.5 Å². The molecule has 0 aliphatic heterocycles. The highest BCUT2D eigenvalue weighted by molar-refractivity contribution is 7.91. The number of nitrogens with zero attached hydrogens (tertiary/aromatic N) is 4. The lowest BCUT2D eigenvalue weighted by molar-refractivity contribution is 0.199. The first kappa shape index (κ1) is 25.4. The summed E-state index contributed by atoms with van der Waals surface area (Å²) in [7, 11) is -1.62. The minimum Gasteiger partial charge on any atom is -0.494 e. The van der Waals surface area contributed by atoms with E-state index in [1.54, 1.807) is 47.3 Å². The van der Waals surface area contributed by atoms with Gasteiger partial charge in [-0.3, -0.25) is 9.88 Å². The zero-order chi connectivity index (χ0) is 26.0. The minimum absolute atomic E-state index is 0.123. The number of aromatic nitrogens is 3. The van der Waals surface area contributed by atoms with E-state index in [9.17, 15) is 8.42 Å². The van der Waals surface area contributed by atoms with Gasteiger partial charge in [-0.2, -0.15) is 5.10 Å². The van der Waals surface area contributed by atoms with Crippen LogP contribution in [0.15, 0.2) is 76.8 Å². The molecule has 8 heteroatoms. The van der Waals surface area contributed by atoms with Gasteiger partial charge < -0.3 is 4.74 Å². The minimum atomic E-state index is -3.81. The van der Waals surface area contributed by atoms with E-state index in [0.717, 1.165) is 13.0 Å². The Kier molecular flexibility index (Phi) is 7.31. The molecule has 2 aromatic heterocycles. The molecule has 0 saturated heterocycles. The molecule has 1 unspecified atom stereocenters. The normalized spacial score (nSPS) is 15.9. The first-order valence-corrected chi connectivity index (χ1v) is 14.4. The summed E-state index contributed by atoms with van der Waals surface area (Å²) in [6, 6.07) is 19.3. The van der Waals surface area contributed by atoms with Gasteiger partial charge in [-0.1, -0.05) is 24.3 Å². The van der Waals surface area contributed by atoms with Crippen molar-refractivity contribution in [2.45, 2.75) is 61.5 Å². The lowest BCUT2D eigenvalue weighted by Crippen LogP contribution is -2.29. The summed E-state index contributed by atoms with van der Waals surface area (Å²) < 4.78 is 34.6. The van der Waals surface area contributed by atoms with E-state index in [2.05, 4.69) is 46.3 Å². The highest BCUT2D eigenvalue weighted by Gasteiger charge is 2.28. The average molecular weight is 519 g/mol. The number of sulfone groups is 1. The van der Waals surface area contributed by atoms with Gasteiger partial charge in [0.25, 0.3) is 0 Å². The number of rotatable bonds is 9. The average Bonchev–Trinajstić information content (AvgIpc) is 3.32. The summed E-state index contributed by atoms with van der Waals surface area (Å²) in [4.78, 5) is 6.94. The molecule has 2 aromatic carbocycles. The van der Waals surface area contributed by atoms with Crippen LogP contribution in [0.3, 0.4) is 0 Å². The molecule has 37 heavy (non-hydrogen) atoms. The Morgan fingerprint density at radius 1 is 1.08 bits per heavy atom. The van der Waals surface area contributed by atoms with Crippen LogP contribution in [0.25, 0.3) is 11.0 Å². The van der Waals surface area contributed by atoms with Crippen molar-refractivity contribution in [1.82, 2.24) is 19.7 Å². The predicted octanol–water partition coefficient (Wildman–Crippen LogP) is 5.62. The van der Waals surface area contributed by atoms with Gasteiger partial charge in [0.15, 0.2) is 5.03 Å². The SMILES string of the molecule is CC(C)n1nc2cccnc2c1S(=O)(=O)c1ccc(OCCCN(C)C2CCCc3ccccc32)cc1. The fourth-order valence-corrected chi connectivity index (χ4v) is 6.81. The Balaban J connectivity index is 1.22. The van der Waals surface area contributed by atoms with Crippen LogP contribution in [0.5, 0.6) is 5.75 Å². The van der Waals surface area contributed by atoms with Gasteiger partial charge in [0.2, 0.25) is 9.84 Å². The van der Waals surface area contributed by atoms with Crippen molar-refractivity contribution < 1.29 is 13.2 Å². The van der Waals surface area contributed by atoms with E-state index in [1.165, 1.54) is 30.4 Å².